The quantitative estimate of drug-likeness (QED) is 0.273. The van der Waals surface area contributed by atoms with Crippen LogP contribution in [0.15, 0.2) is 67.8 Å². The Morgan fingerprint density at radius 1 is 1.11 bits per heavy atom. The Labute approximate surface area is 213 Å². The number of aryl methyl sites for hydroxylation is 1. The maximum absolute atomic E-state index is 4.86. The predicted octanol–water partition coefficient (Wildman–Crippen LogP) is 5.42. The van der Waals surface area contributed by atoms with Crippen molar-refractivity contribution in [1.82, 2.24) is 44.7 Å². The molecule has 0 saturated heterocycles. The molecule has 0 aliphatic carbocycles. The van der Waals surface area contributed by atoms with Gasteiger partial charge in [-0.05, 0) is 37.5 Å². The SMILES string of the molecule is C=C(CC(C)C)Nc1cncc(-c2cc3c(-c4nc5c(-n6cnc(C)c6)nccc5[nH]4)n[nH]c3cn2)c1. The molecule has 3 N–H and O–H groups in total. The van der Waals surface area contributed by atoms with Crippen LogP contribution in [0.2, 0.25) is 0 Å². The Kier molecular flexibility index (Phi) is 5.48. The minimum atomic E-state index is 0.522. The van der Waals surface area contributed by atoms with E-state index in [-0.39, 0.29) is 0 Å². The number of hydrogen-bond acceptors (Lipinski definition) is 7. The number of H-pyrrole nitrogens is 2. The first-order chi connectivity index (χ1) is 17.9. The number of hydrogen-bond donors (Lipinski definition) is 3. The number of nitrogens with zero attached hydrogens (tertiary/aromatic N) is 7. The third-order valence-corrected chi connectivity index (χ3v) is 6.02. The number of anilines is 1. The molecule has 0 aliphatic rings. The molecule has 0 unspecified atom stereocenters. The van der Waals surface area contributed by atoms with Gasteiger partial charge in [-0.3, -0.25) is 19.6 Å². The summed E-state index contributed by atoms with van der Waals surface area (Å²) in [5, 5.41) is 11.9. The van der Waals surface area contributed by atoms with Crippen LogP contribution in [-0.2, 0) is 0 Å². The number of pyridine rings is 3. The Morgan fingerprint density at radius 3 is 2.81 bits per heavy atom. The van der Waals surface area contributed by atoms with Crippen molar-refractivity contribution in [1.29, 1.82) is 0 Å². The highest BCUT2D eigenvalue weighted by atomic mass is 15.2. The van der Waals surface area contributed by atoms with Gasteiger partial charge >= 0.3 is 0 Å². The standard InChI is InChI=1S/C27H26N10/c1-15(2)7-16(3)32-19-8-18(10-28-11-19)22-9-20-23(12-30-22)35-36-24(20)26-33-21-5-6-29-27(25(21)34-26)37-13-17(4)31-14-37/h5-6,8-15,32H,3,7H2,1-2,4H3,(H,33,34)(H,35,36). The second-order valence-electron chi connectivity index (χ2n) is 9.51. The van der Waals surface area contributed by atoms with Crippen molar-refractivity contribution < 1.29 is 0 Å². The lowest BCUT2D eigenvalue weighted by Crippen LogP contribution is -2.02. The number of rotatable bonds is 7. The van der Waals surface area contributed by atoms with Crippen LogP contribution in [0.3, 0.4) is 0 Å². The average molecular weight is 491 g/mol. The smallest absolute Gasteiger partial charge is 0.166 e. The lowest BCUT2D eigenvalue weighted by Gasteiger charge is -2.12. The largest absolute Gasteiger partial charge is 0.358 e. The first-order valence-corrected chi connectivity index (χ1v) is 12.0. The molecule has 0 radical (unpaired) electrons. The topological polar surface area (TPSA) is 126 Å². The van der Waals surface area contributed by atoms with Gasteiger partial charge in [-0.1, -0.05) is 20.4 Å². The number of imidazole rings is 2. The Bertz CT molecular complexity index is 1750. The van der Waals surface area contributed by atoms with E-state index in [1.807, 2.05) is 35.9 Å². The van der Waals surface area contributed by atoms with Crippen LogP contribution in [0.4, 0.5) is 5.69 Å². The molecule has 0 aromatic carbocycles. The van der Waals surface area contributed by atoms with E-state index in [2.05, 4.69) is 60.9 Å². The minimum Gasteiger partial charge on any atom is -0.358 e. The normalized spacial score (nSPS) is 11.6. The van der Waals surface area contributed by atoms with Crippen LogP contribution in [0.1, 0.15) is 26.0 Å². The molecule has 6 rings (SSSR count). The summed E-state index contributed by atoms with van der Waals surface area (Å²) in [7, 11) is 0. The fourth-order valence-corrected chi connectivity index (χ4v) is 4.41. The summed E-state index contributed by atoms with van der Waals surface area (Å²) in [6, 6.07) is 5.93. The zero-order valence-electron chi connectivity index (χ0n) is 20.8. The van der Waals surface area contributed by atoms with Gasteiger partial charge < -0.3 is 10.3 Å². The number of fused-ring (bicyclic) bond motifs is 2. The maximum Gasteiger partial charge on any atom is 0.166 e. The fourth-order valence-electron chi connectivity index (χ4n) is 4.41. The van der Waals surface area contributed by atoms with Crippen molar-refractivity contribution in [2.75, 3.05) is 5.32 Å². The average Bonchev–Trinajstić information content (AvgIpc) is 3.60. The monoisotopic (exact) mass is 490 g/mol. The second-order valence-corrected chi connectivity index (χ2v) is 9.51. The first kappa shape index (κ1) is 22.6. The van der Waals surface area contributed by atoms with Crippen molar-refractivity contribution in [2.24, 2.45) is 5.92 Å². The fraction of sp³-hybridized carbons (Fsp3) is 0.185. The zero-order chi connectivity index (χ0) is 25.5. The van der Waals surface area contributed by atoms with Crippen molar-refractivity contribution in [3.63, 3.8) is 0 Å². The van der Waals surface area contributed by atoms with Crippen molar-refractivity contribution >= 4 is 27.6 Å². The van der Waals surface area contributed by atoms with Gasteiger partial charge in [0.2, 0.25) is 0 Å². The van der Waals surface area contributed by atoms with Crippen LogP contribution in [0.5, 0.6) is 0 Å². The number of nitrogens with one attached hydrogen (secondary N) is 3. The highest BCUT2D eigenvalue weighted by molar-refractivity contribution is 5.95. The molecule has 10 nitrogen and oxygen atoms in total. The van der Waals surface area contributed by atoms with Gasteiger partial charge in [0.15, 0.2) is 11.6 Å². The van der Waals surface area contributed by atoms with E-state index in [1.165, 1.54) is 0 Å². The summed E-state index contributed by atoms with van der Waals surface area (Å²) in [5.74, 6) is 1.87. The third-order valence-electron chi connectivity index (χ3n) is 6.02. The van der Waals surface area contributed by atoms with Crippen LogP contribution >= 0.6 is 0 Å². The molecular weight excluding hydrogens is 464 g/mol. The molecule has 0 fully saturated rings. The molecule has 0 atom stereocenters. The van der Waals surface area contributed by atoms with Gasteiger partial charge in [-0.25, -0.2) is 15.0 Å². The van der Waals surface area contributed by atoms with Gasteiger partial charge in [0.05, 0.1) is 40.5 Å². The summed E-state index contributed by atoms with van der Waals surface area (Å²) in [4.78, 5) is 26.1. The number of aromatic amines is 2. The van der Waals surface area contributed by atoms with E-state index in [9.17, 15) is 0 Å². The maximum atomic E-state index is 4.86. The molecule has 0 bridgehead atoms. The summed E-state index contributed by atoms with van der Waals surface area (Å²) in [5.41, 5.74) is 7.54. The Balaban J connectivity index is 1.38. The first-order valence-electron chi connectivity index (χ1n) is 12.0. The van der Waals surface area contributed by atoms with E-state index in [0.29, 0.717) is 23.3 Å². The highest BCUT2D eigenvalue weighted by Gasteiger charge is 2.17. The molecule has 0 spiro atoms. The third kappa shape index (κ3) is 4.33. The van der Waals surface area contributed by atoms with Gasteiger partial charge in [0, 0.05) is 35.2 Å². The van der Waals surface area contributed by atoms with Crippen molar-refractivity contribution in [3.8, 4) is 28.6 Å². The van der Waals surface area contributed by atoms with Crippen molar-refractivity contribution in [2.45, 2.75) is 27.2 Å². The summed E-state index contributed by atoms with van der Waals surface area (Å²) >= 11 is 0. The second kappa shape index (κ2) is 8.98. The molecule has 6 aromatic rings. The molecule has 6 heterocycles. The number of allylic oxidation sites excluding steroid dienone is 1. The molecule has 6 aromatic heterocycles. The van der Waals surface area contributed by atoms with Gasteiger partial charge in [0.1, 0.15) is 17.5 Å². The molecule has 37 heavy (non-hydrogen) atoms. The Morgan fingerprint density at radius 2 is 2.00 bits per heavy atom. The van der Waals surface area contributed by atoms with Crippen molar-refractivity contribution in [3.05, 3.63) is 73.5 Å². The summed E-state index contributed by atoms with van der Waals surface area (Å²) < 4.78 is 1.87. The number of aromatic nitrogens is 9. The lowest BCUT2D eigenvalue weighted by atomic mass is 10.1. The summed E-state index contributed by atoms with van der Waals surface area (Å²) in [6.45, 7) is 10.4. The van der Waals surface area contributed by atoms with E-state index >= 15 is 0 Å². The molecule has 10 heteroatoms. The Hall–Kier alpha value is -4.86. The van der Waals surface area contributed by atoms with E-state index in [1.54, 1.807) is 31.1 Å². The zero-order valence-corrected chi connectivity index (χ0v) is 20.8. The van der Waals surface area contributed by atoms with E-state index < -0.39 is 0 Å². The van der Waals surface area contributed by atoms with Crippen LogP contribution in [0, 0.1) is 12.8 Å². The van der Waals surface area contributed by atoms with E-state index in [4.69, 9.17) is 4.98 Å². The molecule has 184 valence electrons. The molecule has 0 amide bonds. The minimum absolute atomic E-state index is 0.522. The predicted molar refractivity (Wildman–Crippen MR) is 144 cm³/mol. The molecule has 0 aliphatic heterocycles. The van der Waals surface area contributed by atoms with Crippen LogP contribution in [0.25, 0.3) is 50.5 Å². The van der Waals surface area contributed by atoms with Gasteiger partial charge in [0.25, 0.3) is 0 Å². The molecular formula is C27H26N10. The summed E-state index contributed by atoms with van der Waals surface area (Å²) in [6.07, 6.45) is 11.7. The van der Waals surface area contributed by atoms with Gasteiger partial charge in [-0.15, -0.1) is 0 Å². The van der Waals surface area contributed by atoms with Crippen LogP contribution in [-0.4, -0.2) is 44.7 Å². The van der Waals surface area contributed by atoms with E-state index in [0.717, 1.165) is 56.7 Å². The van der Waals surface area contributed by atoms with Gasteiger partial charge in [-0.2, -0.15) is 5.10 Å². The van der Waals surface area contributed by atoms with Crippen LogP contribution < -0.4 is 5.32 Å². The highest BCUT2D eigenvalue weighted by Crippen LogP contribution is 2.30. The molecule has 0 saturated carbocycles. The lowest BCUT2D eigenvalue weighted by molar-refractivity contribution is 0.645.